The molecule has 23 heavy (non-hydrogen) atoms. The second kappa shape index (κ2) is 8.64. The van der Waals surface area contributed by atoms with Gasteiger partial charge in [0.05, 0.1) is 10.7 Å². The molecule has 2 aromatic heterocycles. The fourth-order valence-electron chi connectivity index (χ4n) is 2.18. The molecule has 8 heteroatoms. The number of urea groups is 1. The minimum Gasteiger partial charge on any atom is -0.385 e. The Hall–Kier alpha value is -1.93. The van der Waals surface area contributed by atoms with Gasteiger partial charge in [-0.05, 0) is 20.3 Å². The van der Waals surface area contributed by atoms with E-state index in [1.165, 1.54) is 4.88 Å². The third kappa shape index (κ3) is 5.65. The zero-order valence-corrected chi connectivity index (χ0v) is 14.6. The van der Waals surface area contributed by atoms with Gasteiger partial charge in [0, 0.05) is 50.4 Å². The molecule has 0 unspecified atom stereocenters. The summed E-state index contributed by atoms with van der Waals surface area (Å²) in [6.07, 6.45) is 3.52. The molecular formula is C15H23N5O2S. The van der Waals surface area contributed by atoms with E-state index in [1.54, 1.807) is 29.2 Å². The quantitative estimate of drug-likeness (QED) is 0.725. The molecule has 0 radical (unpaired) electrons. The number of carbonyl (C=O) groups excluding carboxylic acids is 1. The smallest absolute Gasteiger partial charge is 0.320 e. The number of thiazole rings is 1. The van der Waals surface area contributed by atoms with E-state index in [0.29, 0.717) is 19.0 Å². The summed E-state index contributed by atoms with van der Waals surface area (Å²) in [4.78, 5) is 17.5. The van der Waals surface area contributed by atoms with E-state index in [0.717, 1.165) is 30.1 Å². The highest BCUT2D eigenvalue weighted by Gasteiger charge is 2.07. The molecule has 0 aromatic carbocycles. The second-order valence-electron chi connectivity index (χ2n) is 5.18. The lowest BCUT2D eigenvalue weighted by Crippen LogP contribution is -2.30. The van der Waals surface area contributed by atoms with Crippen LogP contribution in [0.2, 0.25) is 0 Å². The molecule has 0 fully saturated rings. The predicted octanol–water partition coefficient (Wildman–Crippen LogP) is 2.36. The Labute approximate surface area is 140 Å². The number of aromatic nitrogens is 3. The van der Waals surface area contributed by atoms with Gasteiger partial charge in [0.15, 0.2) is 5.82 Å². The molecule has 0 saturated carbocycles. The third-order valence-electron chi connectivity index (χ3n) is 3.26. The van der Waals surface area contributed by atoms with Gasteiger partial charge in [0.1, 0.15) is 0 Å². The fourth-order valence-corrected chi connectivity index (χ4v) is 3.12. The number of aryl methyl sites for hydroxylation is 3. The molecule has 0 spiro atoms. The lowest BCUT2D eigenvalue weighted by atomic mass is 10.3. The van der Waals surface area contributed by atoms with Crippen molar-refractivity contribution in [3.05, 3.63) is 27.8 Å². The molecular weight excluding hydrogens is 314 g/mol. The number of carbonyl (C=O) groups is 1. The summed E-state index contributed by atoms with van der Waals surface area (Å²) in [5, 5.41) is 10.9. The number of hydrogen-bond acceptors (Lipinski definition) is 5. The molecule has 2 N–H and O–H groups in total. The number of nitrogens with zero attached hydrogens (tertiary/aromatic N) is 3. The van der Waals surface area contributed by atoms with Crippen LogP contribution in [0.15, 0.2) is 12.3 Å². The number of anilines is 1. The highest BCUT2D eigenvalue weighted by atomic mass is 32.1. The molecule has 7 nitrogen and oxygen atoms in total. The molecule has 2 heterocycles. The van der Waals surface area contributed by atoms with Gasteiger partial charge < -0.3 is 10.1 Å². The SMILES string of the molecule is COCCCn1ccc(NC(=O)NCCc2sc(C)nc2C)n1. The van der Waals surface area contributed by atoms with Crippen LogP contribution in [-0.2, 0) is 17.7 Å². The first-order chi connectivity index (χ1) is 11.1. The van der Waals surface area contributed by atoms with Gasteiger partial charge in [0.2, 0.25) is 0 Å². The van der Waals surface area contributed by atoms with Crippen molar-refractivity contribution < 1.29 is 9.53 Å². The van der Waals surface area contributed by atoms with Crippen LogP contribution in [0, 0.1) is 13.8 Å². The van der Waals surface area contributed by atoms with Gasteiger partial charge in [0.25, 0.3) is 0 Å². The first-order valence-electron chi connectivity index (χ1n) is 7.58. The Balaban J connectivity index is 1.71. The van der Waals surface area contributed by atoms with Crippen LogP contribution >= 0.6 is 11.3 Å². The average molecular weight is 337 g/mol. The predicted molar refractivity (Wildman–Crippen MR) is 91.0 cm³/mol. The maximum absolute atomic E-state index is 11.9. The average Bonchev–Trinajstić information content (AvgIpc) is 3.06. The summed E-state index contributed by atoms with van der Waals surface area (Å²) < 4.78 is 6.79. The first kappa shape index (κ1) is 17.4. The zero-order valence-electron chi connectivity index (χ0n) is 13.8. The maximum atomic E-state index is 11.9. The van der Waals surface area contributed by atoms with Crippen molar-refractivity contribution in [1.29, 1.82) is 0 Å². The number of rotatable bonds is 8. The van der Waals surface area contributed by atoms with Crippen molar-refractivity contribution in [1.82, 2.24) is 20.1 Å². The van der Waals surface area contributed by atoms with E-state index in [9.17, 15) is 4.79 Å². The Morgan fingerprint density at radius 2 is 2.26 bits per heavy atom. The minimum atomic E-state index is -0.244. The van der Waals surface area contributed by atoms with E-state index >= 15 is 0 Å². The first-order valence-corrected chi connectivity index (χ1v) is 8.40. The molecule has 2 amide bonds. The number of methoxy groups -OCH3 is 1. The molecule has 0 aliphatic rings. The van der Waals surface area contributed by atoms with Crippen LogP contribution in [0.5, 0.6) is 0 Å². The number of nitrogens with one attached hydrogen (secondary N) is 2. The van der Waals surface area contributed by atoms with Gasteiger partial charge in [-0.1, -0.05) is 0 Å². The van der Waals surface area contributed by atoms with Crippen molar-refractivity contribution in [2.24, 2.45) is 0 Å². The van der Waals surface area contributed by atoms with Gasteiger partial charge in [-0.15, -0.1) is 11.3 Å². The molecule has 126 valence electrons. The molecule has 0 saturated heterocycles. The van der Waals surface area contributed by atoms with Gasteiger partial charge in [-0.25, -0.2) is 9.78 Å². The molecule has 0 atom stereocenters. The van der Waals surface area contributed by atoms with Gasteiger partial charge in [-0.3, -0.25) is 10.00 Å². The topological polar surface area (TPSA) is 81.1 Å². The van der Waals surface area contributed by atoms with Crippen LogP contribution < -0.4 is 10.6 Å². The fraction of sp³-hybridized carbons (Fsp3) is 0.533. The summed E-state index contributed by atoms with van der Waals surface area (Å²) >= 11 is 1.67. The maximum Gasteiger partial charge on any atom is 0.320 e. The number of amides is 2. The molecule has 0 aliphatic carbocycles. The molecule has 2 aromatic rings. The Bertz CT molecular complexity index is 638. The normalized spacial score (nSPS) is 10.7. The van der Waals surface area contributed by atoms with E-state index in [4.69, 9.17) is 4.74 Å². The summed E-state index contributed by atoms with van der Waals surface area (Å²) in [5.41, 5.74) is 1.05. The van der Waals surface area contributed by atoms with E-state index in [-0.39, 0.29) is 6.03 Å². The standard InChI is InChI=1S/C15H23N5O2S/c1-11-13(23-12(2)17-11)5-7-16-15(21)18-14-6-9-20(19-14)8-4-10-22-3/h6,9H,4-5,7-8,10H2,1-3H3,(H2,16,18,19,21). The van der Waals surface area contributed by atoms with Crippen LogP contribution in [0.4, 0.5) is 10.6 Å². The van der Waals surface area contributed by atoms with Crippen molar-refractivity contribution in [3.63, 3.8) is 0 Å². The van der Waals surface area contributed by atoms with Crippen LogP contribution in [0.1, 0.15) is 22.0 Å². The van der Waals surface area contributed by atoms with Crippen LogP contribution in [-0.4, -0.2) is 41.1 Å². The zero-order chi connectivity index (χ0) is 16.7. The van der Waals surface area contributed by atoms with Crippen molar-refractivity contribution in [2.75, 3.05) is 25.6 Å². The van der Waals surface area contributed by atoms with Crippen molar-refractivity contribution in [3.8, 4) is 0 Å². The Kier molecular flexibility index (Phi) is 6.54. The number of ether oxygens (including phenoxy) is 1. The largest absolute Gasteiger partial charge is 0.385 e. The van der Waals surface area contributed by atoms with Crippen LogP contribution in [0.25, 0.3) is 0 Å². The summed E-state index contributed by atoms with van der Waals surface area (Å²) in [5.74, 6) is 0.546. The lowest BCUT2D eigenvalue weighted by Gasteiger charge is -2.05. The minimum absolute atomic E-state index is 0.244. The van der Waals surface area contributed by atoms with Crippen molar-refractivity contribution >= 4 is 23.2 Å². The van der Waals surface area contributed by atoms with E-state index in [1.807, 2.05) is 20.0 Å². The highest BCUT2D eigenvalue weighted by molar-refractivity contribution is 7.11. The van der Waals surface area contributed by atoms with E-state index < -0.39 is 0 Å². The second-order valence-corrected chi connectivity index (χ2v) is 6.47. The molecule has 2 rings (SSSR count). The highest BCUT2D eigenvalue weighted by Crippen LogP contribution is 2.17. The lowest BCUT2D eigenvalue weighted by molar-refractivity contribution is 0.189. The van der Waals surface area contributed by atoms with Gasteiger partial charge in [-0.2, -0.15) is 5.10 Å². The van der Waals surface area contributed by atoms with Crippen LogP contribution in [0.3, 0.4) is 0 Å². The van der Waals surface area contributed by atoms with E-state index in [2.05, 4.69) is 20.7 Å². The monoisotopic (exact) mass is 337 g/mol. The third-order valence-corrected chi connectivity index (χ3v) is 4.39. The summed E-state index contributed by atoms with van der Waals surface area (Å²) in [6, 6.07) is 1.54. The Morgan fingerprint density at radius 1 is 1.43 bits per heavy atom. The van der Waals surface area contributed by atoms with Gasteiger partial charge >= 0.3 is 6.03 Å². The number of hydrogen-bond donors (Lipinski definition) is 2. The summed E-state index contributed by atoms with van der Waals surface area (Å²) in [6.45, 7) is 6.02. The van der Waals surface area contributed by atoms with Crippen molar-refractivity contribution in [2.45, 2.75) is 33.2 Å². The Morgan fingerprint density at radius 3 is 2.96 bits per heavy atom. The summed E-state index contributed by atoms with van der Waals surface area (Å²) in [7, 11) is 1.68. The molecule has 0 bridgehead atoms. The molecule has 0 aliphatic heterocycles.